The van der Waals surface area contributed by atoms with E-state index in [4.69, 9.17) is 4.74 Å². The van der Waals surface area contributed by atoms with E-state index in [2.05, 4.69) is 68.4 Å². The van der Waals surface area contributed by atoms with Crippen LogP contribution in [0.4, 0.5) is 0 Å². The van der Waals surface area contributed by atoms with E-state index in [1.54, 1.807) is 7.11 Å². The molecule has 2 aromatic carbocycles. The number of ether oxygens (including phenoxy) is 1. The Morgan fingerprint density at radius 3 is 2.50 bits per heavy atom. The molecule has 0 bridgehead atoms. The molecule has 0 aliphatic heterocycles. The molecular formula is C16H17Br2NO. The van der Waals surface area contributed by atoms with Crippen LogP contribution in [0, 0.1) is 6.92 Å². The molecule has 0 aliphatic carbocycles. The quantitative estimate of drug-likeness (QED) is 0.795. The SMILES string of the molecule is CNC(c1cccc(OC)c1)c1cc(Br)c(C)cc1Br. The summed E-state index contributed by atoms with van der Waals surface area (Å²) in [5.41, 5.74) is 3.57. The van der Waals surface area contributed by atoms with Gasteiger partial charge < -0.3 is 10.1 Å². The Labute approximate surface area is 136 Å². The van der Waals surface area contributed by atoms with Gasteiger partial charge in [-0.3, -0.25) is 0 Å². The van der Waals surface area contributed by atoms with E-state index in [-0.39, 0.29) is 6.04 Å². The van der Waals surface area contributed by atoms with E-state index in [0.29, 0.717) is 0 Å². The second-order valence-corrected chi connectivity index (χ2v) is 6.33. The number of nitrogens with one attached hydrogen (secondary N) is 1. The Bertz CT molecular complexity index is 613. The van der Waals surface area contributed by atoms with E-state index < -0.39 is 0 Å². The Balaban J connectivity index is 2.49. The van der Waals surface area contributed by atoms with E-state index in [1.165, 1.54) is 16.7 Å². The van der Waals surface area contributed by atoms with Crippen LogP contribution in [-0.2, 0) is 0 Å². The van der Waals surface area contributed by atoms with E-state index in [0.717, 1.165) is 14.7 Å². The summed E-state index contributed by atoms with van der Waals surface area (Å²) in [6.07, 6.45) is 0. The van der Waals surface area contributed by atoms with Crippen molar-refractivity contribution in [1.82, 2.24) is 5.32 Å². The standard InChI is InChI=1S/C16H17Br2NO/c1-10-7-15(18)13(9-14(10)17)16(19-2)11-5-4-6-12(8-11)20-3/h4-9,16,19H,1-3H3. The molecule has 1 N–H and O–H groups in total. The van der Waals surface area contributed by atoms with Crippen LogP contribution in [0.15, 0.2) is 45.3 Å². The normalized spacial score (nSPS) is 12.2. The molecule has 106 valence electrons. The summed E-state index contributed by atoms with van der Waals surface area (Å²) in [6, 6.07) is 12.5. The van der Waals surface area contributed by atoms with Gasteiger partial charge in [-0.25, -0.2) is 0 Å². The van der Waals surface area contributed by atoms with Gasteiger partial charge in [0, 0.05) is 8.95 Å². The van der Waals surface area contributed by atoms with E-state index in [1.807, 2.05) is 19.2 Å². The van der Waals surface area contributed by atoms with Crippen LogP contribution in [0.3, 0.4) is 0 Å². The number of benzene rings is 2. The third-order valence-corrected chi connectivity index (χ3v) is 4.85. The number of rotatable bonds is 4. The predicted octanol–water partition coefficient (Wildman–Crippen LogP) is 4.84. The molecule has 0 fully saturated rings. The van der Waals surface area contributed by atoms with Crippen molar-refractivity contribution < 1.29 is 4.74 Å². The summed E-state index contributed by atoms with van der Waals surface area (Å²) >= 11 is 7.27. The Kier molecular flexibility index (Phi) is 5.24. The molecule has 0 saturated carbocycles. The maximum Gasteiger partial charge on any atom is 0.119 e. The maximum atomic E-state index is 5.31. The van der Waals surface area contributed by atoms with Crippen molar-refractivity contribution in [3.8, 4) is 5.75 Å². The first-order chi connectivity index (χ1) is 9.56. The molecule has 0 amide bonds. The Morgan fingerprint density at radius 1 is 1.10 bits per heavy atom. The summed E-state index contributed by atoms with van der Waals surface area (Å²) in [5, 5.41) is 3.37. The van der Waals surface area contributed by atoms with Gasteiger partial charge in [0.2, 0.25) is 0 Å². The highest BCUT2D eigenvalue weighted by Crippen LogP contribution is 2.33. The smallest absolute Gasteiger partial charge is 0.119 e. The van der Waals surface area contributed by atoms with Gasteiger partial charge in [-0.1, -0.05) is 44.0 Å². The number of hydrogen-bond donors (Lipinski definition) is 1. The molecule has 2 aromatic rings. The minimum absolute atomic E-state index is 0.108. The lowest BCUT2D eigenvalue weighted by atomic mass is 9.98. The van der Waals surface area contributed by atoms with Crippen molar-refractivity contribution in [2.75, 3.05) is 14.2 Å². The van der Waals surface area contributed by atoms with Crippen LogP contribution in [0.25, 0.3) is 0 Å². The van der Waals surface area contributed by atoms with Crippen molar-refractivity contribution >= 4 is 31.9 Å². The third-order valence-electron chi connectivity index (χ3n) is 3.30. The first-order valence-corrected chi connectivity index (χ1v) is 7.92. The summed E-state index contributed by atoms with van der Waals surface area (Å²) in [4.78, 5) is 0. The molecule has 2 nitrogen and oxygen atoms in total. The molecule has 0 aliphatic rings. The first-order valence-electron chi connectivity index (χ1n) is 6.33. The minimum Gasteiger partial charge on any atom is -0.497 e. The lowest BCUT2D eigenvalue weighted by Gasteiger charge is -2.20. The van der Waals surface area contributed by atoms with Gasteiger partial charge in [0.05, 0.1) is 13.2 Å². The molecule has 2 rings (SSSR count). The van der Waals surface area contributed by atoms with Crippen molar-refractivity contribution in [2.24, 2.45) is 0 Å². The molecule has 20 heavy (non-hydrogen) atoms. The fourth-order valence-electron chi connectivity index (χ4n) is 2.21. The second kappa shape index (κ2) is 6.74. The fraction of sp³-hybridized carbons (Fsp3) is 0.250. The maximum absolute atomic E-state index is 5.31. The second-order valence-electron chi connectivity index (χ2n) is 4.62. The summed E-state index contributed by atoms with van der Waals surface area (Å²) < 4.78 is 7.52. The molecule has 0 heterocycles. The number of hydrogen-bond acceptors (Lipinski definition) is 2. The van der Waals surface area contributed by atoms with Gasteiger partial charge in [-0.05, 0) is 54.9 Å². The van der Waals surface area contributed by atoms with Crippen molar-refractivity contribution in [1.29, 1.82) is 0 Å². The highest BCUT2D eigenvalue weighted by molar-refractivity contribution is 9.11. The zero-order valence-corrected chi connectivity index (χ0v) is 14.9. The molecule has 0 spiro atoms. The Morgan fingerprint density at radius 2 is 1.85 bits per heavy atom. The van der Waals surface area contributed by atoms with Crippen LogP contribution in [0.1, 0.15) is 22.7 Å². The van der Waals surface area contributed by atoms with Gasteiger partial charge in [0.25, 0.3) is 0 Å². The molecule has 0 aromatic heterocycles. The number of methoxy groups -OCH3 is 1. The van der Waals surface area contributed by atoms with Crippen LogP contribution in [0.2, 0.25) is 0 Å². The monoisotopic (exact) mass is 397 g/mol. The van der Waals surface area contributed by atoms with Gasteiger partial charge in [-0.15, -0.1) is 0 Å². The summed E-state index contributed by atoms with van der Waals surface area (Å²) in [5.74, 6) is 0.866. The zero-order chi connectivity index (χ0) is 14.7. The molecule has 1 atom stereocenters. The van der Waals surface area contributed by atoms with Gasteiger partial charge >= 0.3 is 0 Å². The van der Waals surface area contributed by atoms with Crippen LogP contribution < -0.4 is 10.1 Å². The van der Waals surface area contributed by atoms with Crippen LogP contribution >= 0.6 is 31.9 Å². The largest absolute Gasteiger partial charge is 0.497 e. The third kappa shape index (κ3) is 3.25. The van der Waals surface area contributed by atoms with Gasteiger partial charge in [0.15, 0.2) is 0 Å². The summed E-state index contributed by atoms with van der Waals surface area (Å²) in [7, 11) is 3.65. The summed E-state index contributed by atoms with van der Waals surface area (Å²) in [6.45, 7) is 2.08. The first kappa shape index (κ1) is 15.5. The molecular weight excluding hydrogens is 382 g/mol. The lowest BCUT2D eigenvalue weighted by molar-refractivity contribution is 0.414. The van der Waals surface area contributed by atoms with E-state index >= 15 is 0 Å². The number of halogens is 2. The molecule has 4 heteroatoms. The lowest BCUT2D eigenvalue weighted by Crippen LogP contribution is -2.18. The average Bonchev–Trinajstić information content (AvgIpc) is 2.45. The topological polar surface area (TPSA) is 21.3 Å². The van der Waals surface area contributed by atoms with Crippen molar-refractivity contribution in [3.05, 3.63) is 62.0 Å². The van der Waals surface area contributed by atoms with Crippen LogP contribution in [-0.4, -0.2) is 14.2 Å². The zero-order valence-electron chi connectivity index (χ0n) is 11.7. The Hall–Kier alpha value is -0.840. The van der Waals surface area contributed by atoms with Crippen LogP contribution in [0.5, 0.6) is 5.75 Å². The van der Waals surface area contributed by atoms with Gasteiger partial charge in [-0.2, -0.15) is 0 Å². The van der Waals surface area contributed by atoms with Gasteiger partial charge in [0.1, 0.15) is 5.75 Å². The molecule has 0 saturated heterocycles. The average molecular weight is 399 g/mol. The van der Waals surface area contributed by atoms with Crippen molar-refractivity contribution in [3.63, 3.8) is 0 Å². The predicted molar refractivity (Wildman–Crippen MR) is 90.5 cm³/mol. The molecule has 0 radical (unpaired) electrons. The number of aryl methyl sites for hydroxylation is 1. The highest BCUT2D eigenvalue weighted by Gasteiger charge is 2.16. The van der Waals surface area contributed by atoms with E-state index in [9.17, 15) is 0 Å². The highest BCUT2D eigenvalue weighted by atomic mass is 79.9. The minimum atomic E-state index is 0.108. The fourth-order valence-corrected chi connectivity index (χ4v) is 3.25. The molecule has 1 unspecified atom stereocenters. The van der Waals surface area contributed by atoms with Crippen molar-refractivity contribution in [2.45, 2.75) is 13.0 Å².